The lowest BCUT2D eigenvalue weighted by molar-refractivity contribution is 0.443. The second-order valence-corrected chi connectivity index (χ2v) is 13.3. The Balaban J connectivity index is 0.000000347. The highest BCUT2D eigenvalue weighted by atomic mass is 14.2. The molecule has 0 aromatic heterocycles. The normalized spacial score (nSPS) is 10.4. The smallest absolute Gasteiger partial charge is 0.108 e. The average Bonchev–Trinajstić information content (AvgIpc) is 3.28. The maximum atomic E-state index is 8.59. The van der Waals surface area contributed by atoms with Gasteiger partial charge in [-0.05, 0) is 76.3 Å². The summed E-state index contributed by atoms with van der Waals surface area (Å²) in [7, 11) is 0. The van der Waals surface area contributed by atoms with Crippen molar-refractivity contribution in [3.05, 3.63) is 227 Å². The SMILES string of the molecule is C=C=C(C#N)c1ccccc1.CC#N.Cc1ccc(C#N)cc1.Cc1ccc(C#N)cc1.Cc1ccccc1.Cc1ccccc1.c1ccc(C2CCCCC2)cc1. The second-order valence-electron chi connectivity index (χ2n) is 13.3. The van der Waals surface area contributed by atoms with E-state index in [9.17, 15) is 0 Å². The molecule has 0 unspecified atom stereocenters. The third-order valence-electron chi connectivity index (χ3n) is 8.47. The Bertz CT molecular complexity index is 2060. The minimum Gasteiger partial charge on any atom is -0.199 e. The van der Waals surface area contributed by atoms with Crippen LogP contribution in [0.4, 0.5) is 0 Å². The highest BCUT2D eigenvalue weighted by molar-refractivity contribution is 5.75. The van der Waals surface area contributed by atoms with Crippen molar-refractivity contribution >= 4 is 5.57 Å². The van der Waals surface area contributed by atoms with Gasteiger partial charge in [0.15, 0.2) is 0 Å². The van der Waals surface area contributed by atoms with E-state index >= 15 is 0 Å². The second kappa shape index (κ2) is 32.1. The van der Waals surface area contributed by atoms with Gasteiger partial charge < -0.3 is 0 Å². The molecule has 1 fully saturated rings. The molecule has 1 aliphatic rings. The molecule has 4 heteroatoms. The molecule has 1 aliphatic carbocycles. The van der Waals surface area contributed by atoms with Crippen LogP contribution in [0.3, 0.4) is 0 Å². The fourth-order valence-corrected chi connectivity index (χ4v) is 5.30. The Morgan fingerprint density at radius 1 is 0.466 bits per heavy atom. The van der Waals surface area contributed by atoms with Gasteiger partial charge in [-0.2, -0.15) is 21.0 Å². The molecule has 0 bridgehead atoms. The van der Waals surface area contributed by atoms with Crippen LogP contribution in [0.15, 0.2) is 182 Å². The lowest BCUT2D eigenvalue weighted by Gasteiger charge is -2.21. The molecule has 0 radical (unpaired) electrons. The Labute approximate surface area is 349 Å². The van der Waals surface area contributed by atoms with Gasteiger partial charge in [-0.15, -0.1) is 5.73 Å². The molecule has 0 heterocycles. The van der Waals surface area contributed by atoms with E-state index in [2.05, 4.69) is 92.9 Å². The molecule has 292 valence electrons. The first-order valence-corrected chi connectivity index (χ1v) is 19.4. The fraction of sp³-hybridized carbons (Fsp3) is 0.204. The zero-order chi connectivity index (χ0) is 42.6. The molecule has 7 rings (SSSR count). The standard InChI is InChI=1S/C12H16.C10H7N.2C8H7N.2C7H8.C2H3N/c1-3-7-11(8-4-1)12-9-5-2-6-10-12;1-2-9(8-11)10-6-4-3-5-7-10;2*1-7-2-4-8(6-9)5-3-7;2*1-7-5-3-2-4-6-7;1-2-3/h1,3-4,7-8,12H,2,5-6,9-10H2;3-7H,1H2;2*2-5H,1H3;2*2-6H,1H3;1H3. The number of aryl methyl sites for hydroxylation is 4. The summed E-state index contributed by atoms with van der Waals surface area (Å²) in [4.78, 5) is 0. The summed E-state index contributed by atoms with van der Waals surface area (Å²) in [6.07, 6.45) is 7.12. The quantitative estimate of drug-likeness (QED) is 0.130. The van der Waals surface area contributed by atoms with Crippen molar-refractivity contribution in [2.75, 3.05) is 0 Å². The Morgan fingerprint density at radius 2 is 0.793 bits per heavy atom. The zero-order valence-electron chi connectivity index (χ0n) is 34.8. The summed E-state index contributed by atoms with van der Waals surface area (Å²) in [5.41, 5.74) is 12.0. The Hall–Kier alpha value is -7.20. The number of nitrogens with zero attached hydrogens (tertiary/aromatic N) is 4. The van der Waals surface area contributed by atoms with Gasteiger partial charge in [0.05, 0.1) is 29.3 Å². The summed E-state index contributed by atoms with van der Waals surface area (Å²) in [6, 6.07) is 63.7. The predicted octanol–water partition coefficient (Wildman–Crippen LogP) is 14.4. The van der Waals surface area contributed by atoms with Gasteiger partial charge in [0.1, 0.15) is 11.6 Å². The van der Waals surface area contributed by atoms with Crippen molar-refractivity contribution in [1.82, 2.24) is 0 Å². The van der Waals surface area contributed by atoms with Crippen LogP contribution in [0.5, 0.6) is 0 Å². The van der Waals surface area contributed by atoms with Crippen molar-refractivity contribution in [2.45, 2.75) is 72.6 Å². The van der Waals surface area contributed by atoms with Crippen molar-refractivity contribution in [1.29, 1.82) is 21.0 Å². The fourth-order valence-electron chi connectivity index (χ4n) is 5.30. The third kappa shape index (κ3) is 23.6. The maximum Gasteiger partial charge on any atom is 0.108 e. The molecule has 1 saturated carbocycles. The molecule has 6 aromatic rings. The largest absolute Gasteiger partial charge is 0.199 e. The average molecular weight is 761 g/mol. The lowest BCUT2D eigenvalue weighted by Crippen LogP contribution is -2.03. The number of rotatable bonds is 2. The van der Waals surface area contributed by atoms with Crippen molar-refractivity contribution in [2.24, 2.45) is 0 Å². The van der Waals surface area contributed by atoms with Gasteiger partial charge in [0.25, 0.3) is 0 Å². The number of allylic oxidation sites excluding steroid dienone is 1. The molecule has 0 aliphatic heterocycles. The summed E-state index contributed by atoms with van der Waals surface area (Å²) < 4.78 is 0. The van der Waals surface area contributed by atoms with Crippen LogP contribution in [-0.4, -0.2) is 0 Å². The molecule has 6 aromatic carbocycles. The summed E-state index contributed by atoms with van der Waals surface area (Å²) in [5, 5.41) is 32.7. The molecule has 0 saturated heterocycles. The van der Waals surface area contributed by atoms with Gasteiger partial charge in [-0.3, -0.25) is 0 Å². The predicted molar refractivity (Wildman–Crippen MR) is 242 cm³/mol. The topological polar surface area (TPSA) is 95.2 Å². The molecular formula is C54H56N4. The van der Waals surface area contributed by atoms with E-state index in [-0.39, 0.29) is 0 Å². The van der Waals surface area contributed by atoms with E-state index in [0.717, 1.165) is 22.6 Å². The van der Waals surface area contributed by atoms with E-state index in [1.807, 2.05) is 135 Å². The van der Waals surface area contributed by atoms with Crippen molar-refractivity contribution < 1.29 is 0 Å². The van der Waals surface area contributed by atoms with Crippen LogP contribution in [0.2, 0.25) is 0 Å². The van der Waals surface area contributed by atoms with E-state index in [0.29, 0.717) is 5.57 Å². The van der Waals surface area contributed by atoms with Gasteiger partial charge >= 0.3 is 0 Å². The van der Waals surface area contributed by atoms with Crippen LogP contribution in [0.25, 0.3) is 5.57 Å². The minimum atomic E-state index is 0.491. The van der Waals surface area contributed by atoms with Crippen LogP contribution in [-0.2, 0) is 0 Å². The van der Waals surface area contributed by atoms with Gasteiger partial charge in [0, 0.05) is 12.5 Å². The van der Waals surface area contributed by atoms with E-state index < -0.39 is 0 Å². The minimum absolute atomic E-state index is 0.491. The van der Waals surface area contributed by atoms with E-state index in [1.54, 1.807) is 11.6 Å². The van der Waals surface area contributed by atoms with Gasteiger partial charge in [-0.1, -0.05) is 194 Å². The molecule has 58 heavy (non-hydrogen) atoms. The molecule has 0 N–H and O–H groups in total. The van der Waals surface area contributed by atoms with Crippen LogP contribution >= 0.6 is 0 Å². The first-order valence-electron chi connectivity index (χ1n) is 19.4. The highest BCUT2D eigenvalue weighted by Gasteiger charge is 2.14. The molecule has 0 spiro atoms. The van der Waals surface area contributed by atoms with Gasteiger partial charge in [-0.25, -0.2) is 0 Å². The lowest BCUT2D eigenvalue weighted by atomic mass is 9.84. The molecular weight excluding hydrogens is 705 g/mol. The number of hydrogen-bond acceptors (Lipinski definition) is 4. The van der Waals surface area contributed by atoms with Crippen LogP contribution in [0.1, 0.15) is 89.5 Å². The third-order valence-corrected chi connectivity index (χ3v) is 8.47. The van der Waals surface area contributed by atoms with Gasteiger partial charge in [0.2, 0.25) is 0 Å². The monoisotopic (exact) mass is 760 g/mol. The van der Waals surface area contributed by atoms with Crippen molar-refractivity contribution in [3.8, 4) is 24.3 Å². The summed E-state index contributed by atoms with van der Waals surface area (Å²) in [5.74, 6) is 0.861. The highest BCUT2D eigenvalue weighted by Crippen LogP contribution is 2.32. The molecule has 0 amide bonds. The summed E-state index contributed by atoms with van der Waals surface area (Å²) >= 11 is 0. The molecule has 0 atom stereocenters. The number of hydrogen-bond donors (Lipinski definition) is 0. The van der Waals surface area contributed by atoms with E-state index in [1.165, 1.54) is 61.3 Å². The zero-order valence-corrected chi connectivity index (χ0v) is 34.8. The van der Waals surface area contributed by atoms with E-state index in [4.69, 9.17) is 21.0 Å². The summed E-state index contributed by atoms with van der Waals surface area (Å²) in [6.45, 7) is 13.0. The molecule has 4 nitrogen and oxygen atoms in total. The van der Waals surface area contributed by atoms with Crippen LogP contribution < -0.4 is 0 Å². The van der Waals surface area contributed by atoms with Crippen LogP contribution in [0, 0.1) is 73.0 Å². The first kappa shape index (κ1) is 48.8. The van der Waals surface area contributed by atoms with Crippen molar-refractivity contribution in [3.63, 3.8) is 0 Å². The Kier molecular flexibility index (Phi) is 27.0. The number of benzene rings is 6. The maximum absolute atomic E-state index is 8.59. The first-order chi connectivity index (χ1) is 28.2. The Morgan fingerprint density at radius 3 is 1.09 bits per heavy atom. The number of nitriles is 4.